The second-order valence-corrected chi connectivity index (χ2v) is 5.18. The van der Waals surface area contributed by atoms with Gasteiger partial charge in [0.05, 0.1) is 21.5 Å². The van der Waals surface area contributed by atoms with Crippen LogP contribution < -0.4 is 5.32 Å². The third kappa shape index (κ3) is 2.97. The fourth-order valence-electron chi connectivity index (χ4n) is 1.37. The number of nitrogens with one attached hydrogen (secondary N) is 1. The van der Waals surface area contributed by atoms with Gasteiger partial charge >= 0.3 is 0 Å². The van der Waals surface area contributed by atoms with Crippen LogP contribution in [0.3, 0.4) is 0 Å². The maximum atomic E-state index is 10.8. The van der Waals surface area contributed by atoms with Crippen molar-refractivity contribution in [1.29, 1.82) is 0 Å². The lowest BCUT2D eigenvalue weighted by Gasteiger charge is -2.28. The Hall–Kier alpha value is -1.21. The Balaban J connectivity index is 3.13. The largest absolute Gasteiger partial charge is 0.394 e. The summed E-state index contributed by atoms with van der Waals surface area (Å²) in [6.07, 6.45) is 1.92. The summed E-state index contributed by atoms with van der Waals surface area (Å²) in [5.41, 5.74) is -0.0264. The summed E-state index contributed by atoms with van der Waals surface area (Å²) < 4.78 is 0.546. The first-order valence-corrected chi connectivity index (χ1v) is 6.32. The van der Waals surface area contributed by atoms with Crippen LogP contribution in [0, 0.1) is 17.0 Å². The van der Waals surface area contributed by atoms with Gasteiger partial charge < -0.3 is 10.4 Å². The van der Waals surface area contributed by atoms with Crippen LogP contribution in [0.25, 0.3) is 0 Å². The molecule has 1 atom stereocenters. The molecule has 0 aliphatic rings. The summed E-state index contributed by atoms with van der Waals surface area (Å²) in [6.45, 7) is 5.40. The van der Waals surface area contributed by atoms with Crippen LogP contribution in [0.15, 0.2) is 10.7 Å². The molecule has 6 nitrogen and oxygen atoms in total. The monoisotopic (exact) mass is 317 g/mol. The first-order chi connectivity index (χ1) is 8.34. The van der Waals surface area contributed by atoms with Crippen LogP contribution in [0.4, 0.5) is 11.5 Å². The van der Waals surface area contributed by atoms with Crippen molar-refractivity contribution in [2.75, 3.05) is 11.9 Å². The predicted octanol–water partition coefficient (Wildman–Crippen LogP) is 2.63. The maximum absolute atomic E-state index is 10.8. The molecule has 1 rings (SSSR count). The normalized spacial score (nSPS) is 14.1. The second kappa shape index (κ2) is 5.62. The number of nitro groups is 1. The number of hydrogen-bond donors (Lipinski definition) is 2. The molecule has 1 aromatic heterocycles. The van der Waals surface area contributed by atoms with E-state index in [4.69, 9.17) is 0 Å². The van der Waals surface area contributed by atoms with Crippen molar-refractivity contribution >= 4 is 27.4 Å². The molecule has 100 valence electrons. The van der Waals surface area contributed by atoms with Gasteiger partial charge in [-0.2, -0.15) is 0 Å². The molecule has 0 bridgehead atoms. The fourth-order valence-corrected chi connectivity index (χ4v) is 1.77. The van der Waals surface area contributed by atoms with Gasteiger partial charge in [0.25, 0.3) is 5.69 Å². The summed E-state index contributed by atoms with van der Waals surface area (Å²) in [4.78, 5) is 14.3. The summed E-state index contributed by atoms with van der Waals surface area (Å²) in [5.74, 6) is 0.497. The lowest BCUT2D eigenvalue weighted by Crippen LogP contribution is -2.38. The Labute approximate surface area is 114 Å². The van der Waals surface area contributed by atoms with Gasteiger partial charge in [0.15, 0.2) is 0 Å². The molecular weight excluding hydrogens is 302 g/mol. The summed E-state index contributed by atoms with van der Waals surface area (Å²) in [7, 11) is 0. The van der Waals surface area contributed by atoms with Gasteiger partial charge in [-0.3, -0.25) is 10.1 Å². The molecule has 0 saturated carbocycles. The van der Waals surface area contributed by atoms with E-state index in [1.807, 2.05) is 13.8 Å². The van der Waals surface area contributed by atoms with Crippen LogP contribution in [-0.2, 0) is 0 Å². The number of rotatable bonds is 5. The molecule has 0 fully saturated rings. The minimum atomic E-state index is -0.502. The van der Waals surface area contributed by atoms with Gasteiger partial charge in [-0.1, -0.05) is 6.92 Å². The van der Waals surface area contributed by atoms with Crippen molar-refractivity contribution in [3.05, 3.63) is 26.3 Å². The Morgan fingerprint density at radius 2 is 2.28 bits per heavy atom. The Bertz CT molecular complexity index is 461. The highest BCUT2D eigenvalue weighted by molar-refractivity contribution is 9.10. The first kappa shape index (κ1) is 14.8. The smallest absolute Gasteiger partial charge is 0.291 e. The quantitative estimate of drug-likeness (QED) is 0.643. The van der Waals surface area contributed by atoms with Crippen LogP contribution in [-0.4, -0.2) is 27.2 Å². The number of anilines is 1. The van der Waals surface area contributed by atoms with Gasteiger partial charge in [0.1, 0.15) is 12.0 Å². The molecule has 0 aliphatic heterocycles. The zero-order chi connectivity index (χ0) is 13.9. The molecule has 0 saturated heterocycles. The predicted molar refractivity (Wildman–Crippen MR) is 72.7 cm³/mol. The highest BCUT2D eigenvalue weighted by Gasteiger charge is 2.24. The molecule has 1 unspecified atom stereocenters. The summed E-state index contributed by atoms with van der Waals surface area (Å²) >= 11 is 3.30. The van der Waals surface area contributed by atoms with Crippen LogP contribution in [0.1, 0.15) is 25.8 Å². The average molecular weight is 318 g/mol. The minimum absolute atomic E-state index is 0.0328. The van der Waals surface area contributed by atoms with E-state index in [0.717, 1.165) is 0 Å². The third-order valence-electron chi connectivity index (χ3n) is 2.98. The number of aromatic nitrogens is 1. The molecular formula is C11H16BrN3O3. The van der Waals surface area contributed by atoms with Crippen molar-refractivity contribution in [2.24, 2.45) is 0 Å². The van der Waals surface area contributed by atoms with E-state index in [1.165, 1.54) is 6.20 Å². The number of pyridine rings is 1. The lowest BCUT2D eigenvalue weighted by atomic mass is 10.0. The molecule has 18 heavy (non-hydrogen) atoms. The SMILES string of the molecule is CCC(C)(CO)Nc1ncc([N+](=O)[O-])c(C)c1Br. The molecule has 0 aromatic carbocycles. The highest BCUT2D eigenvalue weighted by atomic mass is 79.9. The van der Waals surface area contributed by atoms with E-state index >= 15 is 0 Å². The molecule has 0 spiro atoms. The van der Waals surface area contributed by atoms with Gasteiger partial charge in [-0.15, -0.1) is 0 Å². The molecule has 1 heterocycles. The number of halogens is 1. The molecule has 0 amide bonds. The van der Waals surface area contributed by atoms with Crippen molar-refractivity contribution in [2.45, 2.75) is 32.7 Å². The number of aliphatic hydroxyl groups excluding tert-OH is 1. The Morgan fingerprint density at radius 1 is 1.67 bits per heavy atom. The number of hydrogen-bond acceptors (Lipinski definition) is 5. The fraction of sp³-hybridized carbons (Fsp3) is 0.545. The number of aliphatic hydroxyl groups is 1. The molecule has 1 aromatic rings. The molecule has 2 N–H and O–H groups in total. The zero-order valence-electron chi connectivity index (χ0n) is 10.5. The van der Waals surface area contributed by atoms with Crippen molar-refractivity contribution in [3.8, 4) is 0 Å². The minimum Gasteiger partial charge on any atom is -0.394 e. The Morgan fingerprint density at radius 3 is 2.72 bits per heavy atom. The van der Waals surface area contributed by atoms with E-state index in [2.05, 4.69) is 26.2 Å². The van der Waals surface area contributed by atoms with Crippen molar-refractivity contribution in [3.63, 3.8) is 0 Å². The summed E-state index contributed by atoms with van der Waals surface area (Å²) in [5, 5.41) is 23.2. The molecule has 7 heteroatoms. The first-order valence-electron chi connectivity index (χ1n) is 5.53. The zero-order valence-corrected chi connectivity index (χ0v) is 12.1. The molecule has 0 aliphatic carbocycles. The second-order valence-electron chi connectivity index (χ2n) is 4.39. The van der Waals surface area contributed by atoms with Crippen LogP contribution >= 0.6 is 15.9 Å². The van der Waals surface area contributed by atoms with E-state index in [-0.39, 0.29) is 12.3 Å². The molecule has 0 radical (unpaired) electrons. The third-order valence-corrected chi connectivity index (χ3v) is 3.95. The highest BCUT2D eigenvalue weighted by Crippen LogP contribution is 2.32. The van der Waals surface area contributed by atoms with E-state index in [0.29, 0.717) is 22.3 Å². The number of nitrogens with zero attached hydrogens (tertiary/aromatic N) is 2. The van der Waals surface area contributed by atoms with Gasteiger partial charge in [-0.05, 0) is 36.2 Å². The van der Waals surface area contributed by atoms with E-state index in [9.17, 15) is 15.2 Å². The topological polar surface area (TPSA) is 88.3 Å². The average Bonchev–Trinajstić information content (AvgIpc) is 2.34. The van der Waals surface area contributed by atoms with Gasteiger partial charge in [-0.25, -0.2) is 4.98 Å². The van der Waals surface area contributed by atoms with Crippen molar-refractivity contribution < 1.29 is 10.0 Å². The summed E-state index contributed by atoms with van der Waals surface area (Å²) in [6, 6.07) is 0. The van der Waals surface area contributed by atoms with Crippen molar-refractivity contribution in [1.82, 2.24) is 4.98 Å². The van der Waals surface area contributed by atoms with Gasteiger partial charge in [0.2, 0.25) is 0 Å². The van der Waals surface area contributed by atoms with E-state index < -0.39 is 10.5 Å². The van der Waals surface area contributed by atoms with Crippen LogP contribution in [0.2, 0.25) is 0 Å². The lowest BCUT2D eigenvalue weighted by molar-refractivity contribution is -0.385. The van der Waals surface area contributed by atoms with Gasteiger partial charge in [0, 0.05) is 5.56 Å². The van der Waals surface area contributed by atoms with Crippen LogP contribution in [0.5, 0.6) is 0 Å². The van der Waals surface area contributed by atoms with E-state index in [1.54, 1.807) is 6.92 Å². The maximum Gasteiger partial charge on any atom is 0.291 e. The Kier molecular flexibility index (Phi) is 4.64. The standard InChI is InChI=1S/C11H16BrN3O3/c1-4-11(3,6-16)14-10-9(12)7(2)8(5-13-10)15(17)18/h5,16H,4,6H2,1-3H3,(H,13,14).